The molecule has 0 aliphatic carbocycles. The third-order valence-electron chi connectivity index (χ3n) is 5.60. The van der Waals surface area contributed by atoms with Gasteiger partial charge in [-0.2, -0.15) is 0 Å². The van der Waals surface area contributed by atoms with Gasteiger partial charge in [-0.3, -0.25) is 4.90 Å². The van der Waals surface area contributed by atoms with Gasteiger partial charge in [0, 0.05) is 24.7 Å². The first-order valence-electron chi connectivity index (χ1n) is 8.05. The van der Waals surface area contributed by atoms with Crippen LogP contribution in [0.2, 0.25) is 0 Å². The van der Waals surface area contributed by atoms with Crippen LogP contribution in [0.15, 0.2) is 0 Å². The van der Waals surface area contributed by atoms with E-state index in [1.807, 2.05) is 0 Å². The zero-order valence-corrected chi connectivity index (χ0v) is 13.2. The first-order valence-corrected chi connectivity index (χ1v) is 8.05. The number of likely N-dealkylation sites (tertiary alicyclic amines) is 1. The minimum atomic E-state index is 0.0143. The molecule has 0 aromatic rings. The predicted molar refractivity (Wildman–Crippen MR) is 80.2 cm³/mol. The third kappa shape index (κ3) is 2.98. The van der Waals surface area contributed by atoms with E-state index in [0.717, 1.165) is 38.3 Å². The molecule has 2 heterocycles. The molecule has 4 atom stereocenters. The van der Waals surface area contributed by atoms with Crippen LogP contribution in [0.3, 0.4) is 0 Å². The average molecular weight is 268 g/mol. The van der Waals surface area contributed by atoms with E-state index < -0.39 is 0 Å². The van der Waals surface area contributed by atoms with Crippen molar-refractivity contribution in [2.75, 3.05) is 19.7 Å². The second-order valence-electron chi connectivity index (χ2n) is 7.18. The summed E-state index contributed by atoms with van der Waals surface area (Å²) in [6.07, 6.45) is 5.89. The van der Waals surface area contributed by atoms with Crippen LogP contribution in [0.25, 0.3) is 0 Å². The fraction of sp³-hybridized carbons (Fsp3) is 1.00. The number of piperidine rings is 1. The van der Waals surface area contributed by atoms with Gasteiger partial charge in [0.25, 0.3) is 0 Å². The van der Waals surface area contributed by atoms with Crippen LogP contribution in [-0.4, -0.2) is 41.8 Å². The van der Waals surface area contributed by atoms with Gasteiger partial charge in [-0.25, -0.2) is 0 Å². The second kappa shape index (κ2) is 5.71. The molecule has 3 nitrogen and oxygen atoms in total. The van der Waals surface area contributed by atoms with Gasteiger partial charge in [-0.05, 0) is 58.4 Å². The molecule has 0 amide bonds. The maximum absolute atomic E-state index is 6.24. The van der Waals surface area contributed by atoms with Crippen LogP contribution < -0.4 is 5.73 Å². The molecular formula is C16H32N2O. The summed E-state index contributed by atoms with van der Waals surface area (Å²) in [5, 5.41) is 0. The molecule has 112 valence electrons. The molecule has 2 aliphatic rings. The topological polar surface area (TPSA) is 38.5 Å². The summed E-state index contributed by atoms with van der Waals surface area (Å²) in [6, 6.07) is 0.659. The zero-order chi connectivity index (χ0) is 14.1. The van der Waals surface area contributed by atoms with Crippen molar-refractivity contribution >= 4 is 0 Å². The minimum absolute atomic E-state index is 0.0143. The molecule has 3 heteroatoms. The van der Waals surface area contributed by atoms with Gasteiger partial charge in [0.2, 0.25) is 0 Å². The van der Waals surface area contributed by atoms with E-state index in [-0.39, 0.29) is 11.1 Å². The van der Waals surface area contributed by atoms with E-state index >= 15 is 0 Å². The highest BCUT2D eigenvalue weighted by Crippen LogP contribution is 2.41. The molecular weight excluding hydrogens is 236 g/mol. The number of ether oxygens (including phenoxy) is 1. The van der Waals surface area contributed by atoms with Crippen molar-refractivity contribution in [1.29, 1.82) is 0 Å². The average Bonchev–Trinajstić information content (AvgIpc) is 2.38. The lowest BCUT2D eigenvalue weighted by atomic mass is 9.75. The molecule has 0 radical (unpaired) electrons. The van der Waals surface area contributed by atoms with Crippen molar-refractivity contribution in [3.8, 4) is 0 Å². The largest absolute Gasteiger partial charge is 0.375 e. The highest BCUT2D eigenvalue weighted by Gasteiger charge is 2.47. The van der Waals surface area contributed by atoms with Gasteiger partial charge in [-0.15, -0.1) is 0 Å². The van der Waals surface area contributed by atoms with E-state index in [4.69, 9.17) is 10.5 Å². The van der Waals surface area contributed by atoms with Crippen LogP contribution in [0.4, 0.5) is 0 Å². The van der Waals surface area contributed by atoms with Gasteiger partial charge < -0.3 is 10.5 Å². The maximum atomic E-state index is 6.24. The Morgan fingerprint density at radius 2 is 2.11 bits per heavy atom. The highest BCUT2D eigenvalue weighted by atomic mass is 16.5. The van der Waals surface area contributed by atoms with Crippen LogP contribution in [-0.2, 0) is 4.74 Å². The fourth-order valence-electron chi connectivity index (χ4n) is 4.20. The molecule has 0 bridgehead atoms. The van der Waals surface area contributed by atoms with Gasteiger partial charge >= 0.3 is 0 Å². The Balaban J connectivity index is 2.17. The Morgan fingerprint density at radius 3 is 2.68 bits per heavy atom. The third-order valence-corrected chi connectivity index (χ3v) is 5.60. The van der Waals surface area contributed by atoms with Crippen LogP contribution >= 0.6 is 0 Å². The van der Waals surface area contributed by atoms with E-state index in [0.29, 0.717) is 6.04 Å². The molecule has 2 saturated heterocycles. The van der Waals surface area contributed by atoms with Crippen LogP contribution in [0.1, 0.15) is 59.8 Å². The summed E-state index contributed by atoms with van der Waals surface area (Å²) in [4.78, 5) is 2.71. The summed E-state index contributed by atoms with van der Waals surface area (Å²) < 4.78 is 6.04. The number of rotatable bonds is 3. The predicted octanol–water partition coefficient (Wildman–Crippen LogP) is 2.78. The van der Waals surface area contributed by atoms with E-state index in [9.17, 15) is 0 Å². The van der Waals surface area contributed by atoms with E-state index in [1.54, 1.807) is 0 Å². The number of nitrogens with zero attached hydrogens (tertiary/aromatic N) is 1. The summed E-state index contributed by atoms with van der Waals surface area (Å²) in [5.41, 5.74) is 6.43. The van der Waals surface area contributed by atoms with E-state index in [2.05, 4.69) is 32.6 Å². The van der Waals surface area contributed by atoms with E-state index in [1.165, 1.54) is 19.4 Å². The lowest BCUT2D eigenvalue weighted by Gasteiger charge is -2.55. The number of hydrogen-bond donors (Lipinski definition) is 1. The van der Waals surface area contributed by atoms with Gasteiger partial charge in [0.1, 0.15) is 0 Å². The van der Waals surface area contributed by atoms with Crippen molar-refractivity contribution in [2.45, 2.75) is 77.0 Å². The first kappa shape index (κ1) is 15.3. The molecule has 2 fully saturated rings. The van der Waals surface area contributed by atoms with Crippen molar-refractivity contribution in [1.82, 2.24) is 4.90 Å². The van der Waals surface area contributed by atoms with Crippen molar-refractivity contribution < 1.29 is 4.74 Å². The van der Waals surface area contributed by atoms with Gasteiger partial charge in [0.15, 0.2) is 0 Å². The summed E-state index contributed by atoms with van der Waals surface area (Å²) in [5.74, 6) is 0.860. The highest BCUT2D eigenvalue weighted by molar-refractivity contribution is 5.02. The summed E-state index contributed by atoms with van der Waals surface area (Å²) >= 11 is 0. The molecule has 0 spiro atoms. The molecule has 0 saturated carbocycles. The lowest BCUT2D eigenvalue weighted by molar-refractivity contribution is -0.141. The number of hydrogen-bond acceptors (Lipinski definition) is 3. The summed E-state index contributed by atoms with van der Waals surface area (Å²) in [6.45, 7) is 12.1. The molecule has 19 heavy (non-hydrogen) atoms. The summed E-state index contributed by atoms with van der Waals surface area (Å²) in [7, 11) is 0. The molecule has 4 unspecified atom stereocenters. The standard InChI is InChI=1S/C16H32N2O/c1-5-15(4)11-16(12-17,7-9-19-15)18-8-6-13(2)10-14(18)3/h13-14H,5-12,17H2,1-4H3. The quantitative estimate of drug-likeness (QED) is 0.855. The molecule has 2 rings (SSSR count). The molecule has 0 aromatic carbocycles. The Hall–Kier alpha value is -0.120. The normalized spacial score (nSPS) is 45.3. The van der Waals surface area contributed by atoms with Gasteiger partial charge in [-0.1, -0.05) is 13.8 Å². The van der Waals surface area contributed by atoms with Crippen molar-refractivity contribution in [3.63, 3.8) is 0 Å². The fourth-order valence-corrected chi connectivity index (χ4v) is 4.20. The molecule has 2 N–H and O–H groups in total. The monoisotopic (exact) mass is 268 g/mol. The molecule has 2 aliphatic heterocycles. The van der Waals surface area contributed by atoms with Crippen LogP contribution in [0, 0.1) is 5.92 Å². The first-order chi connectivity index (χ1) is 8.95. The minimum Gasteiger partial charge on any atom is -0.375 e. The molecule has 0 aromatic heterocycles. The smallest absolute Gasteiger partial charge is 0.0670 e. The Labute approximate surface area is 118 Å². The Morgan fingerprint density at radius 1 is 1.37 bits per heavy atom. The van der Waals surface area contributed by atoms with Gasteiger partial charge in [0.05, 0.1) is 5.60 Å². The zero-order valence-electron chi connectivity index (χ0n) is 13.2. The Kier molecular flexibility index (Phi) is 4.59. The maximum Gasteiger partial charge on any atom is 0.0670 e. The van der Waals surface area contributed by atoms with Crippen molar-refractivity contribution in [2.24, 2.45) is 11.7 Å². The SMILES string of the molecule is CCC1(C)CC(CN)(N2CCC(C)CC2C)CCO1. The van der Waals surface area contributed by atoms with Crippen LogP contribution in [0.5, 0.6) is 0 Å². The lowest BCUT2D eigenvalue weighted by Crippen LogP contribution is -2.64. The second-order valence-corrected chi connectivity index (χ2v) is 7.18. The van der Waals surface area contributed by atoms with Crippen molar-refractivity contribution in [3.05, 3.63) is 0 Å². The Bertz CT molecular complexity index is 309. The number of nitrogens with two attached hydrogens (primary N) is 1.